The Labute approximate surface area is 115 Å². The number of tetrazole rings is 1. The third-order valence-corrected chi connectivity index (χ3v) is 3.76. The zero-order valence-electron chi connectivity index (χ0n) is 11.1. The van der Waals surface area contributed by atoms with Gasteiger partial charge in [0.25, 0.3) is 11.7 Å². The maximum absolute atomic E-state index is 12.5. The topological polar surface area (TPSA) is 107 Å². The van der Waals surface area contributed by atoms with Gasteiger partial charge in [-0.3, -0.25) is 9.59 Å². The van der Waals surface area contributed by atoms with Gasteiger partial charge >= 0.3 is 0 Å². The van der Waals surface area contributed by atoms with Crippen molar-refractivity contribution in [2.45, 2.75) is 18.9 Å². The molecule has 2 N–H and O–H groups in total. The Kier molecular flexibility index (Phi) is 3.59. The second kappa shape index (κ2) is 5.53. The van der Waals surface area contributed by atoms with Crippen molar-refractivity contribution in [3.05, 3.63) is 5.82 Å². The SMILES string of the molecule is O=C(C1CCCN1C(=O)c1nn[nH]n1)N1CCNCC1. The number of H-pyrrole nitrogens is 1. The van der Waals surface area contributed by atoms with Gasteiger partial charge in [-0.05, 0) is 18.1 Å². The second-order valence-corrected chi connectivity index (χ2v) is 4.97. The van der Waals surface area contributed by atoms with Gasteiger partial charge in [-0.25, -0.2) is 0 Å². The third kappa shape index (κ3) is 2.36. The summed E-state index contributed by atoms with van der Waals surface area (Å²) in [4.78, 5) is 28.2. The lowest BCUT2D eigenvalue weighted by Gasteiger charge is -2.32. The molecule has 0 bridgehead atoms. The Morgan fingerprint density at radius 2 is 2.00 bits per heavy atom. The van der Waals surface area contributed by atoms with Crippen molar-refractivity contribution in [3.63, 3.8) is 0 Å². The van der Waals surface area contributed by atoms with E-state index in [1.807, 2.05) is 4.90 Å². The lowest BCUT2D eigenvalue weighted by molar-refractivity contribution is -0.135. The average Bonchev–Trinajstić information content (AvgIpc) is 3.18. The monoisotopic (exact) mass is 279 g/mol. The van der Waals surface area contributed by atoms with Crippen LogP contribution in [-0.2, 0) is 4.79 Å². The molecule has 0 aliphatic carbocycles. The number of rotatable bonds is 2. The summed E-state index contributed by atoms with van der Waals surface area (Å²) in [6.45, 7) is 3.56. The Bertz CT molecular complexity index is 483. The van der Waals surface area contributed by atoms with Crippen LogP contribution in [0.2, 0.25) is 0 Å². The van der Waals surface area contributed by atoms with E-state index in [1.165, 1.54) is 0 Å². The highest BCUT2D eigenvalue weighted by molar-refractivity contribution is 5.95. The number of nitrogens with one attached hydrogen (secondary N) is 2. The van der Waals surface area contributed by atoms with E-state index in [4.69, 9.17) is 0 Å². The number of hydrogen-bond acceptors (Lipinski definition) is 6. The molecule has 2 aliphatic rings. The molecular weight excluding hydrogens is 262 g/mol. The number of nitrogens with zero attached hydrogens (tertiary/aromatic N) is 5. The fourth-order valence-corrected chi connectivity index (χ4v) is 2.74. The molecule has 9 heteroatoms. The number of aromatic amines is 1. The van der Waals surface area contributed by atoms with Crippen molar-refractivity contribution in [2.75, 3.05) is 32.7 Å². The molecule has 1 atom stereocenters. The number of carbonyl (C=O) groups is 2. The zero-order valence-corrected chi connectivity index (χ0v) is 11.1. The number of carbonyl (C=O) groups excluding carboxylic acids is 2. The number of likely N-dealkylation sites (tertiary alicyclic amines) is 1. The lowest BCUT2D eigenvalue weighted by atomic mass is 10.1. The van der Waals surface area contributed by atoms with Crippen molar-refractivity contribution in [1.82, 2.24) is 35.7 Å². The van der Waals surface area contributed by atoms with Gasteiger partial charge < -0.3 is 15.1 Å². The van der Waals surface area contributed by atoms with E-state index in [0.29, 0.717) is 26.1 Å². The van der Waals surface area contributed by atoms with Gasteiger partial charge in [0.2, 0.25) is 5.91 Å². The summed E-state index contributed by atoms with van der Waals surface area (Å²) >= 11 is 0. The molecule has 2 amide bonds. The number of amides is 2. The molecule has 108 valence electrons. The molecule has 20 heavy (non-hydrogen) atoms. The summed E-state index contributed by atoms with van der Waals surface area (Å²) < 4.78 is 0. The van der Waals surface area contributed by atoms with Gasteiger partial charge in [0, 0.05) is 32.7 Å². The molecule has 1 unspecified atom stereocenters. The number of hydrogen-bond donors (Lipinski definition) is 2. The molecule has 0 spiro atoms. The zero-order chi connectivity index (χ0) is 13.9. The van der Waals surface area contributed by atoms with Gasteiger partial charge in [-0.2, -0.15) is 5.21 Å². The van der Waals surface area contributed by atoms with E-state index >= 15 is 0 Å². The first-order valence-corrected chi connectivity index (χ1v) is 6.81. The Morgan fingerprint density at radius 3 is 2.70 bits per heavy atom. The van der Waals surface area contributed by atoms with Crippen molar-refractivity contribution in [1.29, 1.82) is 0 Å². The van der Waals surface area contributed by atoms with Gasteiger partial charge in [-0.1, -0.05) is 0 Å². The fourth-order valence-electron chi connectivity index (χ4n) is 2.74. The molecule has 2 aliphatic heterocycles. The van der Waals surface area contributed by atoms with E-state index in [-0.39, 0.29) is 23.7 Å². The largest absolute Gasteiger partial charge is 0.338 e. The molecule has 2 fully saturated rings. The summed E-state index contributed by atoms with van der Waals surface area (Å²) in [5, 5.41) is 16.2. The van der Waals surface area contributed by atoms with Crippen LogP contribution in [0.1, 0.15) is 23.5 Å². The number of piperazine rings is 1. The molecule has 3 rings (SSSR count). The van der Waals surface area contributed by atoms with E-state index in [2.05, 4.69) is 25.9 Å². The number of aromatic nitrogens is 4. The van der Waals surface area contributed by atoms with E-state index in [9.17, 15) is 9.59 Å². The quantitative estimate of drug-likeness (QED) is 0.664. The van der Waals surface area contributed by atoms with Gasteiger partial charge in [0.1, 0.15) is 6.04 Å². The first kappa shape index (κ1) is 13.0. The van der Waals surface area contributed by atoms with Crippen molar-refractivity contribution in [2.24, 2.45) is 0 Å². The van der Waals surface area contributed by atoms with E-state index < -0.39 is 0 Å². The lowest BCUT2D eigenvalue weighted by Crippen LogP contribution is -2.53. The Hall–Kier alpha value is -2.03. The molecule has 1 aromatic heterocycles. The Morgan fingerprint density at radius 1 is 1.20 bits per heavy atom. The molecule has 3 heterocycles. The summed E-state index contributed by atoms with van der Waals surface area (Å²) in [6.07, 6.45) is 1.53. The van der Waals surface area contributed by atoms with Crippen molar-refractivity contribution in [3.8, 4) is 0 Å². The minimum atomic E-state index is -0.390. The van der Waals surface area contributed by atoms with E-state index in [1.54, 1.807) is 4.90 Å². The van der Waals surface area contributed by atoms with Gasteiger partial charge in [0.05, 0.1) is 0 Å². The average molecular weight is 279 g/mol. The summed E-state index contributed by atoms with van der Waals surface area (Å²) in [5.74, 6) is -0.282. The van der Waals surface area contributed by atoms with Crippen LogP contribution in [0.3, 0.4) is 0 Å². The highest BCUT2D eigenvalue weighted by Crippen LogP contribution is 2.21. The van der Waals surface area contributed by atoms with Crippen LogP contribution in [0.25, 0.3) is 0 Å². The second-order valence-electron chi connectivity index (χ2n) is 4.97. The molecular formula is C11H17N7O2. The molecule has 9 nitrogen and oxygen atoms in total. The van der Waals surface area contributed by atoms with Crippen LogP contribution in [0.5, 0.6) is 0 Å². The maximum atomic E-state index is 12.5. The van der Waals surface area contributed by atoms with Crippen molar-refractivity contribution < 1.29 is 9.59 Å². The predicted octanol–water partition coefficient (Wildman–Crippen LogP) is -1.76. The van der Waals surface area contributed by atoms with Crippen molar-refractivity contribution >= 4 is 11.8 Å². The van der Waals surface area contributed by atoms with E-state index in [0.717, 1.165) is 19.5 Å². The van der Waals surface area contributed by atoms with Gasteiger partial charge in [0.15, 0.2) is 0 Å². The normalized spacial score (nSPS) is 23.1. The first-order chi connectivity index (χ1) is 9.77. The molecule has 0 aromatic carbocycles. The highest BCUT2D eigenvalue weighted by Gasteiger charge is 2.38. The molecule has 0 radical (unpaired) electrons. The van der Waals surface area contributed by atoms with Crippen LogP contribution in [0, 0.1) is 0 Å². The molecule has 1 aromatic rings. The van der Waals surface area contributed by atoms with Crippen LogP contribution in [-0.4, -0.2) is 81.0 Å². The third-order valence-electron chi connectivity index (χ3n) is 3.76. The summed E-state index contributed by atoms with van der Waals surface area (Å²) in [7, 11) is 0. The smallest absolute Gasteiger partial charge is 0.296 e. The fraction of sp³-hybridized carbons (Fsp3) is 0.727. The molecule has 2 saturated heterocycles. The predicted molar refractivity (Wildman–Crippen MR) is 67.7 cm³/mol. The minimum Gasteiger partial charge on any atom is -0.338 e. The van der Waals surface area contributed by atoms with Crippen LogP contribution < -0.4 is 5.32 Å². The highest BCUT2D eigenvalue weighted by atomic mass is 16.2. The summed E-state index contributed by atoms with van der Waals surface area (Å²) in [5.41, 5.74) is 0. The van der Waals surface area contributed by atoms with Crippen LogP contribution >= 0.6 is 0 Å². The van der Waals surface area contributed by atoms with Crippen LogP contribution in [0.4, 0.5) is 0 Å². The standard InChI is InChI=1S/C11H17N7O2/c19-10(17-6-3-12-4-7-17)8-2-1-5-18(8)11(20)9-13-15-16-14-9/h8,12H,1-7H2,(H,13,14,15,16). The minimum absolute atomic E-state index is 0.0185. The van der Waals surface area contributed by atoms with Gasteiger partial charge in [-0.15, -0.1) is 10.2 Å². The summed E-state index contributed by atoms with van der Waals surface area (Å²) in [6, 6.07) is -0.390. The first-order valence-electron chi connectivity index (χ1n) is 6.81. The maximum Gasteiger partial charge on any atom is 0.296 e. The Balaban J connectivity index is 1.71. The molecule has 0 saturated carbocycles. The van der Waals surface area contributed by atoms with Crippen LogP contribution in [0.15, 0.2) is 0 Å².